The van der Waals surface area contributed by atoms with Gasteiger partial charge in [0.25, 0.3) is 0 Å². The first kappa shape index (κ1) is 18.7. The maximum atomic E-state index is 2.48. The van der Waals surface area contributed by atoms with Gasteiger partial charge in [0.1, 0.15) is 0 Å². The van der Waals surface area contributed by atoms with E-state index in [1.807, 2.05) is 0 Å². The molecule has 0 bridgehead atoms. The summed E-state index contributed by atoms with van der Waals surface area (Å²) in [6, 6.07) is 18.1. The van der Waals surface area contributed by atoms with Gasteiger partial charge in [0.05, 0.1) is 0 Å². The second-order valence-corrected chi connectivity index (χ2v) is 9.77. The fourth-order valence-electron chi connectivity index (χ4n) is 3.45. The standard InChI is InChI=1S/C13H9.C7H9.2ClH.Zr/c1-3-7-12-10(5-1)9-11-6-2-4-8-13(11)12;1-6-4-3-5-7(6)2;;;/h1-9H;4H,5H2,1-2H3;2*1H;/q;;;;+2/p-2. The van der Waals surface area contributed by atoms with Crippen molar-refractivity contribution in [1.82, 2.24) is 0 Å². The second kappa shape index (κ2) is 7.51. The third-order valence-corrected chi connectivity index (χ3v) is 8.62. The van der Waals surface area contributed by atoms with Crippen LogP contribution in [0, 0.1) is 0 Å². The summed E-state index contributed by atoms with van der Waals surface area (Å²) in [5.74, 6) is 0. The first-order valence-electron chi connectivity index (χ1n) is 7.56. The summed E-state index contributed by atoms with van der Waals surface area (Å²) in [4.78, 5) is 0. The summed E-state index contributed by atoms with van der Waals surface area (Å²) in [5.41, 5.74) is 9.18. The van der Waals surface area contributed by atoms with Crippen LogP contribution in [0.1, 0.15) is 35.0 Å². The molecule has 23 heavy (non-hydrogen) atoms. The van der Waals surface area contributed by atoms with E-state index < -0.39 is 23.2 Å². The van der Waals surface area contributed by atoms with Gasteiger partial charge < -0.3 is 24.8 Å². The van der Waals surface area contributed by atoms with Crippen molar-refractivity contribution in [2.45, 2.75) is 23.9 Å². The average Bonchev–Trinajstić information content (AvgIpc) is 2.99. The molecule has 2 aliphatic carbocycles. The minimum absolute atomic E-state index is 0. The molecule has 0 N–H and O–H groups in total. The predicted octanol–water partition coefficient (Wildman–Crippen LogP) is -0.529. The summed E-state index contributed by atoms with van der Waals surface area (Å²) in [6.07, 6.45) is 3.71. The van der Waals surface area contributed by atoms with E-state index in [0.29, 0.717) is 3.63 Å². The molecular weight excluding hydrogens is 402 g/mol. The molecule has 0 spiro atoms. The van der Waals surface area contributed by atoms with Crippen molar-refractivity contribution in [1.29, 1.82) is 0 Å². The maximum Gasteiger partial charge on any atom is -1.00 e. The Kier molecular flexibility index (Phi) is 6.12. The van der Waals surface area contributed by atoms with E-state index in [9.17, 15) is 0 Å². The van der Waals surface area contributed by atoms with Gasteiger partial charge in [0.2, 0.25) is 0 Å². The smallest absolute Gasteiger partial charge is 1.00 e. The number of hydrogen-bond acceptors (Lipinski definition) is 0. The van der Waals surface area contributed by atoms with Gasteiger partial charge >= 0.3 is 138 Å². The molecule has 0 nitrogen and oxygen atoms in total. The minimum atomic E-state index is -0.623. The number of allylic oxidation sites excluding steroid dienone is 4. The van der Waals surface area contributed by atoms with E-state index in [-0.39, 0.29) is 24.8 Å². The third-order valence-electron chi connectivity index (χ3n) is 4.68. The molecule has 0 unspecified atom stereocenters. The second-order valence-electron chi connectivity index (χ2n) is 6.06. The summed E-state index contributed by atoms with van der Waals surface area (Å²) in [7, 11) is 0. The van der Waals surface area contributed by atoms with Gasteiger partial charge in [-0.25, -0.2) is 0 Å². The van der Waals surface area contributed by atoms with Crippen LogP contribution in [0.15, 0.2) is 69.0 Å². The molecule has 0 amide bonds. The van der Waals surface area contributed by atoms with Crippen molar-refractivity contribution in [2.24, 2.45) is 0 Å². The molecule has 0 fully saturated rings. The van der Waals surface area contributed by atoms with Gasteiger partial charge in [-0.2, -0.15) is 0 Å². The van der Waals surface area contributed by atoms with Gasteiger partial charge in [-0.3, -0.25) is 0 Å². The molecule has 2 aromatic carbocycles. The molecule has 3 heteroatoms. The maximum absolute atomic E-state index is 2.48. The van der Waals surface area contributed by atoms with Crippen LogP contribution in [0.25, 0.3) is 11.1 Å². The SMILES string of the molecule is CC1=C(C)C[C]([Zr+2][CH]2c3ccccc3-c3ccccc32)=C1.[Cl-].[Cl-]. The Morgan fingerprint density at radius 3 is 1.83 bits per heavy atom. The Balaban J connectivity index is 0.000000960. The molecule has 4 rings (SSSR count). The van der Waals surface area contributed by atoms with Crippen molar-refractivity contribution < 1.29 is 48.0 Å². The largest absolute Gasteiger partial charge is 1.00 e. The van der Waals surface area contributed by atoms with E-state index in [1.54, 1.807) is 20.0 Å². The van der Waals surface area contributed by atoms with E-state index in [2.05, 4.69) is 68.5 Å². The molecule has 0 heterocycles. The average molecular weight is 420 g/mol. The van der Waals surface area contributed by atoms with Gasteiger partial charge in [0, 0.05) is 0 Å². The molecule has 2 aliphatic rings. The van der Waals surface area contributed by atoms with E-state index in [4.69, 9.17) is 0 Å². The molecule has 2 aromatic rings. The van der Waals surface area contributed by atoms with Crippen LogP contribution in [0.3, 0.4) is 0 Å². The zero-order chi connectivity index (χ0) is 14.4. The number of halogens is 2. The van der Waals surface area contributed by atoms with Crippen LogP contribution in [0.5, 0.6) is 0 Å². The number of fused-ring (bicyclic) bond motifs is 3. The molecule has 0 saturated carbocycles. The fraction of sp³-hybridized carbons (Fsp3) is 0.200. The quantitative estimate of drug-likeness (QED) is 0.613. The zero-order valence-corrected chi connectivity index (χ0v) is 17.2. The van der Waals surface area contributed by atoms with Crippen LogP contribution < -0.4 is 24.8 Å². The molecule has 0 radical (unpaired) electrons. The fourth-order valence-corrected chi connectivity index (χ4v) is 8.00. The van der Waals surface area contributed by atoms with Crippen molar-refractivity contribution >= 4 is 0 Å². The Morgan fingerprint density at radius 2 is 1.35 bits per heavy atom. The van der Waals surface area contributed by atoms with E-state index in [0.717, 1.165) is 0 Å². The monoisotopic (exact) mass is 418 g/mol. The van der Waals surface area contributed by atoms with Crippen molar-refractivity contribution in [3.8, 4) is 11.1 Å². The van der Waals surface area contributed by atoms with Crippen LogP contribution in [-0.2, 0) is 23.2 Å². The third kappa shape index (κ3) is 3.29. The molecule has 0 atom stereocenters. The topological polar surface area (TPSA) is 0 Å². The van der Waals surface area contributed by atoms with Crippen LogP contribution in [0.2, 0.25) is 0 Å². The Bertz CT molecular complexity index is 744. The molecule has 0 saturated heterocycles. The Labute approximate surface area is 162 Å². The van der Waals surface area contributed by atoms with Crippen LogP contribution >= 0.6 is 0 Å². The molecule has 0 aromatic heterocycles. The van der Waals surface area contributed by atoms with Gasteiger partial charge in [0.15, 0.2) is 0 Å². The van der Waals surface area contributed by atoms with Crippen molar-refractivity contribution in [3.63, 3.8) is 0 Å². The van der Waals surface area contributed by atoms with Crippen molar-refractivity contribution in [2.75, 3.05) is 0 Å². The first-order valence-corrected chi connectivity index (χ1v) is 10.2. The Hall–Kier alpha value is -0.617. The van der Waals surface area contributed by atoms with E-state index in [1.165, 1.54) is 23.1 Å². The molecule has 116 valence electrons. The number of benzene rings is 2. The molecular formula is C20H18Cl2Zr. The first-order chi connectivity index (χ1) is 10.2. The Morgan fingerprint density at radius 1 is 0.826 bits per heavy atom. The predicted molar refractivity (Wildman–Crippen MR) is 84.8 cm³/mol. The van der Waals surface area contributed by atoms with Crippen LogP contribution in [0.4, 0.5) is 0 Å². The summed E-state index contributed by atoms with van der Waals surface area (Å²) < 4.78 is 2.45. The van der Waals surface area contributed by atoms with Gasteiger partial charge in [-0.15, -0.1) is 0 Å². The summed E-state index contributed by atoms with van der Waals surface area (Å²) in [5, 5.41) is 0. The van der Waals surface area contributed by atoms with E-state index >= 15 is 0 Å². The summed E-state index contributed by atoms with van der Waals surface area (Å²) in [6.45, 7) is 4.55. The number of rotatable bonds is 2. The summed E-state index contributed by atoms with van der Waals surface area (Å²) >= 11 is -0.623. The normalized spacial score (nSPS) is 15.1. The van der Waals surface area contributed by atoms with Crippen LogP contribution in [-0.4, -0.2) is 0 Å². The van der Waals surface area contributed by atoms with Gasteiger partial charge in [-0.1, -0.05) is 0 Å². The van der Waals surface area contributed by atoms with Gasteiger partial charge in [-0.05, 0) is 0 Å². The molecule has 0 aliphatic heterocycles. The van der Waals surface area contributed by atoms with Crippen molar-refractivity contribution in [3.05, 3.63) is 80.2 Å². The zero-order valence-electron chi connectivity index (χ0n) is 13.2. The minimum Gasteiger partial charge on any atom is -1.00 e. The number of hydrogen-bond donors (Lipinski definition) is 0.